The van der Waals surface area contributed by atoms with Gasteiger partial charge in [0.1, 0.15) is 5.92 Å². The van der Waals surface area contributed by atoms with E-state index in [-0.39, 0.29) is 0 Å². The number of carboxylic acids is 1. The van der Waals surface area contributed by atoms with Gasteiger partial charge in [-0.25, -0.2) is 0 Å². The molecule has 0 aliphatic rings. The molecule has 4 nitrogen and oxygen atoms in total. The molecule has 16 heavy (non-hydrogen) atoms. The summed E-state index contributed by atoms with van der Waals surface area (Å²) < 4.78 is 0. The second kappa shape index (κ2) is 5.21. The summed E-state index contributed by atoms with van der Waals surface area (Å²) in [6.07, 6.45) is 4.11. The first-order valence-electron chi connectivity index (χ1n) is 4.89. The van der Waals surface area contributed by atoms with Gasteiger partial charge in [-0.2, -0.15) is 0 Å². The lowest BCUT2D eigenvalue weighted by Crippen LogP contribution is -2.12. The van der Waals surface area contributed by atoms with E-state index in [1.807, 2.05) is 19.1 Å². The van der Waals surface area contributed by atoms with Crippen LogP contribution in [0.5, 0.6) is 0 Å². The van der Waals surface area contributed by atoms with Crippen LogP contribution in [0.3, 0.4) is 0 Å². The SMILES string of the molecule is C/C(=C\C(C=N)C(=O)O)c1cc(C)ccn1. The van der Waals surface area contributed by atoms with Crippen molar-refractivity contribution in [2.45, 2.75) is 13.8 Å². The van der Waals surface area contributed by atoms with Crippen molar-refractivity contribution >= 4 is 17.8 Å². The van der Waals surface area contributed by atoms with Crippen LogP contribution in [-0.4, -0.2) is 22.3 Å². The fraction of sp³-hybridized carbons (Fsp3) is 0.250. The quantitative estimate of drug-likeness (QED) is 0.760. The zero-order valence-corrected chi connectivity index (χ0v) is 9.27. The van der Waals surface area contributed by atoms with Crippen molar-refractivity contribution in [3.8, 4) is 0 Å². The van der Waals surface area contributed by atoms with Crippen molar-refractivity contribution in [2.75, 3.05) is 0 Å². The highest BCUT2D eigenvalue weighted by Crippen LogP contribution is 2.14. The van der Waals surface area contributed by atoms with Crippen LogP contribution in [0.1, 0.15) is 18.2 Å². The summed E-state index contributed by atoms with van der Waals surface area (Å²) in [7, 11) is 0. The van der Waals surface area contributed by atoms with Crippen molar-refractivity contribution in [1.29, 1.82) is 5.41 Å². The van der Waals surface area contributed by atoms with Crippen LogP contribution < -0.4 is 0 Å². The van der Waals surface area contributed by atoms with E-state index >= 15 is 0 Å². The molecule has 0 bridgehead atoms. The fourth-order valence-electron chi connectivity index (χ4n) is 1.30. The molecule has 1 rings (SSSR count). The van der Waals surface area contributed by atoms with Gasteiger partial charge in [-0.3, -0.25) is 9.78 Å². The molecular formula is C12H14N2O2. The van der Waals surface area contributed by atoms with Gasteiger partial charge in [0.15, 0.2) is 0 Å². The number of aryl methyl sites for hydroxylation is 1. The molecule has 1 aromatic heterocycles. The molecule has 0 saturated carbocycles. The number of aromatic nitrogens is 1. The number of carbonyl (C=O) groups is 1. The molecule has 0 radical (unpaired) electrons. The largest absolute Gasteiger partial charge is 0.481 e. The summed E-state index contributed by atoms with van der Waals surface area (Å²) in [5, 5.41) is 15.8. The predicted molar refractivity (Wildman–Crippen MR) is 62.5 cm³/mol. The van der Waals surface area contributed by atoms with Crippen LogP contribution in [0, 0.1) is 18.3 Å². The summed E-state index contributed by atoms with van der Waals surface area (Å²) in [5.74, 6) is -1.91. The molecular weight excluding hydrogens is 204 g/mol. The van der Waals surface area contributed by atoms with E-state index in [0.717, 1.165) is 23.0 Å². The molecule has 1 atom stereocenters. The molecule has 0 aromatic carbocycles. The zero-order chi connectivity index (χ0) is 12.1. The molecule has 0 fully saturated rings. The van der Waals surface area contributed by atoms with Crippen molar-refractivity contribution < 1.29 is 9.90 Å². The maximum Gasteiger partial charge on any atom is 0.315 e. The summed E-state index contributed by atoms with van der Waals surface area (Å²) in [4.78, 5) is 14.9. The second-order valence-corrected chi connectivity index (χ2v) is 3.60. The monoisotopic (exact) mass is 218 g/mol. The van der Waals surface area contributed by atoms with Gasteiger partial charge in [-0.15, -0.1) is 0 Å². The first kappa shape index (κ1) is 12.1. The Labute approximate surface area is 94.2 Å². The lowest BCUT2D eigenvalue weighted by atomic mass is 10.0. The highest BCUT2D eigenvalue weighted by molar-refractivity contribution is 5.91. The summed E-state index contributed by atoms with van der Waals surface area (Å²) in [6, 6.07) is 3.76. The second-order valence-electron chi connectivity index (χ2n) is 3.60. The number of carboxylic acid groups (broad SMARTS) is 1. The minimum absolute atomic E-state index is 0.744. The molecule has 0 aliphatic carbocycles. The number of pyridine rings is 1. The van der Waals surface area contributed by atoms with E-state index in [1.54, 1.807) is 13.1 Å². The first-order valence-corrected chi connectivity index (χ1v) is 4.89. The zero-order valence-electron chi connectivity index (χ0n) is 9.27. The number of aliphatic carboxylic acids is 1. The minimum atomic E-state index is -1.03. The molecule has 1 aromatic rings. The van der Waals surface area contributed by atoms with Crippen molar-refractivity contribution in [2.24, 2.45) is 5.92 Å². The Kier molecular flexibility index (Phi) is 3.94. The number of nitrogens with zero attached hydrogens (tertiary/aromatic N) is 1. The third kappa shape index (κ3) is 3.02. The van der Waals surface area contributed by atoms with Gasteiger partial charge >= 0.3 is 5.97 Å². The number of allylic oxidation sites excluding steroid dienone is 1. The first-order chi connectivity index (χ1) is 7.54. The van der Waals surface area contributed by atoms with Crippen LogP contribution in [0.25, 0.3) is 5.57 Å². The smallest absolute Gasteiger partial charge is 0.315 e. The van der Waals surface area contributed by atoms with Crippen molar-refractivity contribution in [3.05, 3.63) is 35.7 Å². The molecule has 2 N–H and O–H groups in total. The van der Waals surface area contributed by atoms with Gasteiger partial charge in [-0.1, -0.05) is 6.08 Å². The van der Waals surface area contributed by atoms with Gasteiger partial charge in [0.05, 0.1) is 5.69 Å². The Morgan fingerprint density at radius 1 is 1.62 bits per heavy atom. The van der Waals surface area contributed by atoms with E-state index in [1.165, 1.54) is 6.08 Å². The maximum atomic E-state index is 10.7. The number of hydrogen-bond acceptors (Lipinski definition) is 3. The van der Waals surface area contributed by atoms with Gasteiger partial charge < -0.3 is 10.5 Å². The molecule has 1 unspecified atom stereocenters. The number of nitrogens with one attached hydrogen (secondary N) is 1. The van der Waals surface area contributed by atoms with Crippen LogP contribution in [0.4, 0.5) is 0 Å². The van der Waals surface area contributed by atoms with Crippen LogP contribution in [-0.2, 0) is 4.79 Å². The fourth-order valence-corrected chi connectivity index (χ4v) is 1.30. The van der Waals surface area contributed by atoms with E-state index in [4.69, 9.17) is 10.5 Å². The summed E-state index contributed by atoms with van der Waals surface area (Å²) in [5.41, 5.74) is 2.58. The normalized spacial score (nSPS) is 13.2. The molecule has 1 heterocycles. The Morgan fingerprint density at radius 3 is 2.81 bits per heavy atom. The third-order valence-corrected chi connectivity index (χ3v) is 2.21. The number of rotatable bonds is 4. The molecule has 0 aliphatic heterocycles. The van der Waals surface area contributed by atoms with Gasteiger partial charge in [0.25, 0.3) is 0 Å². The van der Waals surface area contributed by atoms with Gasteiger partial charge in [0, 0.05) is 12.4 Å². The third-order valence-electron chi connectivity index (χ3n) is 2.21. The Morgan fingerprint density at radius 2 is 2.31 bits per heavy atom. The van der Waals surface area contributed by atoms with Gasteiger partial charge in [0.2, 0.25) is 0 Å². The Balaban J connectivity index is 3.00. The van der Waals surface area contributed by atoms with Crippen LogP contribution in [0.15, 0.2) is 24.4 Å². The van der Waals surface area contributed by atoms with Crippen LogP contribution in [0.2, 0.25) is 0 Å². The van der Waals surface area contributed by atoms with Crippen molar-refractivity contribution in [3.63, 3.8) is 0 Å². The van der Waals surface area contributed by atoms with Crippen molar-refractivity contribution in [1.82, 2.24) is 4.98 Å². The highest BCUT2D eigenvalue weighted by Gasteiger charge is 2.11. The molecule has 0 spiro atoms. The molecule has 4 heteroatoms. The predicted octanol–water partition coefficient (Wildman–Crippen LogP) is 2.14. The van der Waals surface area contributed by atoms with Gasteiger partial charge in [-0.05, 0) is 37.1 Å². The summed E-state index contributed by atoms with van der Waals surface area (Å²) >= 11 is 0. The minimum Gasteiger partial charge on any atom is -0.481 e. The standard InChI is InChI=1S/C12H14N2O2/c1-8-3-4-14-11(5-8)9(2)6-10(7-13)12(15)16/h3-7,10,13H,1-2H3,(H,15,16)/b9-6+,13-7?. The van der Waals surface area contributed by atoms with E-state index in [0.29, 0.717) is 0 Å². The van der Waals surface area contributed by atoms with E-state index in [9.17, 15) is 4.79 Å². The van der Waals surface area contributed by atoms with E-state index < -0.39 is 11.9 Å². The average Bonchev–Trinajstić information content (AvgIpc) is 2.25. The van der Waals surface area contributed by atoms with E-state index in [2.05, 4.69) is 4.98 Å². The number of hydrogen-bond donors (Lipinski definition) is 2. The lowest BCUT2D eigenvalue weighted by Gasteiger charge is -2.04. The molecule has 0 amide bonds. The summed E-state index contributed by atoms with van der Waals surface area (Å²) in [6.45, 7) is 3.74. The highest BCUT2D eigenvalue weighted by atomic mass is 16.4. The maximum absolute atomic E-state index is 10.7. The lowest BCUT2D eigenvalue weighted by molar-refractivity contribution is -0.137. The average molecular weight is 218 g/mol. The Bertz CT molecular complexity index is 438. The Hall–Kier alpha value is -1.97. The topological polar surface area (TPSA) is 74.0 Å². The molecule has 84 valence electrons. The molecule has 0 saturated heterocycles. The van der Waals surface area contributed by atoms with Crippen LogP contribution >= 0.6 is 0 Å².